The van der Waals surface area contributed by atoms with E-state index in [1.165, 1.54) is 5.56 Å². The number of halogens is 2. The van der Waals surface area contributed by atoms with Crippen LogP contribution in [-0.2, 0) is 6.42 Å². The summed E-state index contributed by atoms with van der Waals surface area (Å²) in [5, 5.41) is 21.0. The SMILES string of the molecule is N#Cc1ccc2[nH]cc(C(CCCCl)n3cc(CCCCCl)c4cc(C#N)ccc43)c2c1. The van der Waals surface area contributed by atoms with Gasteiger partial charge in [-0.15, -0.1) is 23.2 Å². The van der Waals surface area contributed by atoms with E-state index in [0.717, 1.165) is 59.5 Å². The van der Waals surface area contributed by atoms with Crippen molar-refractivity contribution < 1.29 is 0 Å². The molecule has 0 radical (unpaired) electrons. The van der Waals surface area contributed by atoms with E-state index in [-0.39, 0.29) is 6.04 Å². The van der Waals surface area contributed by atoms with Gasteiger partial charge in [-0.3, -0.25) is 0 Å². The largest absolute Gasteiger partial charge is 0.361 e. The summed E-state index contributed by atoms with van der Waals surface area (Å²) in [6, 6.07) is 16.2. The van der Waals surface area contributed by atoms with Crippen LogP contribution in [0.5, 0.6) is 0 Å². The molecule has 0 aliphatic rings. The molecule has 2 aromatic carbocycles. The van der Waals surface area contributed by atoms with Crippen LogP contribution in [0.15, 0.2) is 48.8 Å². The Morgan fingerprint density at radius 1 is 0.906 bits per heavy atom. The minimum atomic E-state index is 0.0636. The number of alkyl halides is 2. The van der Waals surface area contributed by atoms with Crippen LogP contribution in [-0.4, -0.2) is 21.3 Å². The number of nitrogens with zero attached hydrogens (tertiary/aromatic N) is 3. The van der Waals surface area contributed by atoms with Gasteiger partial charge in [0.05, 0.1) is 29.3 Å². The number of H-pyrrole nitrogens is 1. The molecule has 1 atom stereocenters. The molecule has 162 valence electrons. The van der Waals surface area contributed by atoms with Crippen molar-refractivity contribution in [2.75, 3.05) is 11.8 Å². The quantitative estimate of drug-likeness (QED) is 0.214. The molecular weight excluding hydrogens is 439 g/mol. The first kappa shape index (κ1) is 22.3. The lowest BCUT2D eigenvalue weighted by molar-refractivity contribution is 0.552. The fraction of sp³-hybridized carbons (Fsp3) is 0.308. The highest BCUT2D eigenvalue weighted by Crippen LogP contribution is 2.36. The third kappa shape index (κ3) is 4.35. The Labute approximate surface area is 198 Å². The van der Waals surface area contributed by atoms with E-state index in [1.54, 1.807) is 0 Å². The molecule has 0 bridgehead atoms. The van der Waals surface area contributed by atoms with Gasteiger partial charge in [0.1, 0.15) is 0 Å². The van der Waals surface area contributed by atoms with Crippen molar-refractivity contribution in [2.24, 2.45) is 0 Å². The molecule has 0 aliphatic carbocycles. The average Bonchev–Trinajstić information content (AvgIpc) is 3.41. The number of aromatic nitrogens is 2. The Morgan fingerprint density at radius 2 is 1.62 bits per heavy atom. The van der Waals surface area contributed by atoms with Crippen molar-refractivity contribution in [2.45, 2.75) is 38.1 Å². The summed E-state index contributed by atoms with van der Waals surface area (Å²) >= 11 is 12.0. The number of fused-ring (bicyclic) bond motifs is 2. The minimum Gasteiger partial charge on any atom is -0.361 e. The molecule has 1 N–H and O–H groups in total. The van der Waals surface area contributed by atoms with Gasteiger partial charge in [-0.25, -0.2) is 0 Å². The van der Waals surface area contributed by atoms with Gasteiger partial charge in [0.15, 0.2) is 0 Å². The van der Waals surface area contributed by atoms with Crippen LogP contribution < -0.4 is 0 Å². The van der Waals surface area contributed by atoms with E-state index in [9.17, 15) is 10.5 Å². The minimum absolute atomic E-state index is 0.0636. The molecule has 1 unspecified atom stereocenters. The molecule has 4 nitrogen and oxygen atoms in total. The van der Waals surface area contributed by atoms with Crippen molar-refractivity contribution in [3.05, 3.63) is 71.0 Å². The number of benzene rings is 2. The average molecular weight is 463 g/mol. The molecule has 0 fully saturated rings. The Balaban J connectivity index is 1.88. The van der Waals surface area contributed by atoms with E-state index in [1.807, 2.05) is 42.6 Å². The molecule has 0 saturated carbocycles. The summed E-state index contributed by atoms with van der Waals surface area (Å²) in [6.07, 6.45) is 8.90. The highest BCUT2D eigenvalue weighted by atomic mass is 35.5. The maximum absolute atomic E-state index is 9.43. The molecule has 4 rings (SSSR count). The fourth-order valence-corrected chi connectivity index (χ4v) is 4.81. The van der Waals surface area contributed by atoms with E-state index >= 15 is 0 Å². The maximum atomic E-state index is 9.43. The van der Waals surface area contributed by atoms with Crippen LogP contribution in [0.25, 0.3) is 21.8 Å². The van der Waals surface area contributed by atoms with E-state index in [0.29, 0.717) is 22.9 Å². The number of nitriles is 2. The second-order valence-corrected chi connectivity index (χ2v) is 8.77. The van der Waals surface area contributed by atoms with Gasteiger partial charge in [0.2, 0.25) is 0 Å². The first-order chi connectivity index (χ1) is 15.7. The standard InChI is InChI=1S/C26H24Cl2N4/c27-10-2-1-4-20-17-32(26-9-7-19(15-30)12-21(20)26)25(5-3-11-28)23-16-31-24-8-6-18(14-29)13-22(23)24/h6-9,12-13,16-17,25,31H,1-5,10-11H2. The van der Waals surface area contributed by atoms with E-state index < -0.39 is 0 Å². The Hall–Kier alpha value is -2.92. The number of rotatable bonds is 9. The van der Waals surface area contributed by atoms with Crippen molar-refractivity contribution in [1.82, 2.24) is 9.55 Å². The predicted molar refractivity (Wildman–Crippen MR) is 131 cm³/mol. The van der Waals surface area contributed by atoms with Crippen molar-refractivity contribution in [3.63, 3.8) is 0 Å². The van der Waals surface area contributed by atoms with E-state index in [2.05, 4.69) is 27.9 Å². The zero-order valence-electron chi connectivity index (χ0n) is 17.7. The lowest BCUT2D eigenvalue weighted by atomic mass is 10.00. The van der Waals surface area contributed by atoms with Crippen LogP contribution in [0, 0.1) is 22.7 Å². The number of hydrogen-bond acceptors (Lipinski definition) is 2. The molecule has 32 heavy (non-hydrogen) atoms. The number of nitrogens with one attached hydrogen (secondary N) is 1. The zero-order chi connectivity index (χ0) is 22.5. The molecular formula is C26H24Cl2N4. The van der Waals surface area contributed by atoms with Crippen LogP contribution in [0.1, 0.15) is 54.0 Å². The molecule has 6 heteroatoms. The monoisotopic (exact) mass is 462 g/mol. The summed E-state index contributed by atoms with van der Waals surface area (Å²) in [7, 11) is 0. The van der Waals surface area contributed by atoms with E-state index in [4.69, 9.17) is 23.2 Å². The van der Waals surface area contributed by atoms with Gasteiger partial charge < -0.3 is 9.55 Å². The Kier molecular flexibility index (Phi) is 7.05. The third-order valence-corrected chi connectivity index (χ3v) is 6.56. The number of unbranched alkanes of at least 4 members (excludes halogenated alkanes) is 1. The molecule has 0 aliphatic heterocycles. The highest BCUT2D eigenvalue weighted by molar-refractivity contribution is 6.18. The van der Waals surface area contributed by atoms with Crippen LogP contribution in [0.2, 0.25) is 0 Å². The number of hydrogen-bond donors (Lipinski definition) is 1. The number of aromatic amines is 1. The topological polar surface area (TPSA) is 68.3 Å². The van der Waals surface area contributed by atoms with Gasteiger partial charge in [-0.1, -0.05) is 0 Å². The summed E-state index contributed by atoms with van der Waals surface area (Å²) < 4.78 is 2.32. The van der Waals surface area contributed by atoms with Crippen LogP contribution in [0.3, 0.4) is 0 Å². The molecule has 0 saturated heterocycles. The van der Waals surface area contributed by atoms with Gasteiger partial charge in [0.25, 0.3) is 0 Å². The van der Waals surface area contributed by atoms with Crippen molar-refractivity contribution in [1.29, 1.82) is 10.5 Å². The second-order valence-electron chi connectivity index (χ2n) is 8.01. The number of aryl methyl sites for hydroxylation is 1. The van der Waals surface area contributed by atoms with Crippen LogP contribution in [0.4, 0.5) is 0 Å². The Morgan fingerprint density at radius 3 is 2.34 bits per heavy atom. The predicted octanol–water partition coefficient (Wildman–Crippen LogP) is 7.04. The molecule has 0 spiro atoms. The maximum Gasteiger partial charge on any atom is 0.0991 e. The fourth-order valence-electron chi connectivity index (χ4n) is 4.46. The van der Waals surface area contributed by atoms with Gasteiger partial charge in [-0.05, 0) is 74.1 Å². The van der Waals surface area contributed by atoms with Gasteiger partial charge in [0, 0.05) is 51.5 Å². The zero-order valence-corrected chi connectivity index (χ0v) is 19.3. The summed E-state index contributed by atoms with van der Waals surface area (Å²) in [5.41, 5.74) is 5.81. The highest BCUT2D eigenvalue weighted by Gasteiger charge is 2.21. The molecule has 4 aromatic rings. The second kappa shape index (κ2) is 10.1. The van der Waals surface area contributed by atoms with Crippen molar-refractivity contribution >= 4 is 45.0 Å². The summed E-state index contributed by atoms with van der Waals surface area (Å²) in [5.74, 6) is 1.24. The summed E-state index contributed by atoms with van der Waals surface area (Å²) in [4.78, 5) is 3.37. The Bertz CT molecular complexity index is 1320. The van der Waals surface area contributed by atoms with Gasteiger partial charge in [-0.2, -0.15) is 10.5 Å². The van der Waals surface area contributed by atoms with Crippen LogP contribution >= 0.6 is 23.2 Å². The normalized spacial score (nSPS) is 12.1. The molecule has 0 amide bonds. The third-order valence-electron chi connectivity index (χ3n) is 6.02. The lowest BCUT2D eigenvalue weighted by Gasteiger charge is -2.20. The smallest absolute Gasteiger partial charge is 0.0991 e. The first-order valence-corrected chi connectivity index (χ1v) is 11.9. The first-order valence-electron chi connectivity index (χ1n) is 10.9. The van der Waals surface area contributed by atoms with Gasteiger partial charge >= 0.3 is 0 Å². The molecule has 2 aromatic heterocycles. The summed E-state index contributed by atoms with van der Waals surface area (Å²) in [6.45, 7) is 0. The lowest BCUT2D eigenvalue weighted by Crippen LogP contribution is -2.10. The van der Waals surface area contributed by atoms with Crippen molar-refractivity contribution in [3.8, 4) is 12.1 Å². The molecule has 2 heterocycles.